The molecule has 0 spiro atoms. The summed E-state index contributed by atoms with van der Waals surface area (Å²) in [5, 5.41) is 3.38. The Morgan fingerprint density at radius 2 is 2.00 bits per heavy atom. The van der Waals surface area contributed by atoms with Crippen molar-refractivity contribution in [2.75, 3.05) is 6.79 Å². The Morgan fingerprint density at radius 3 is 2.88 bits per heavy atom. The van der Waals surface area contributed by atoms with Gasteiger partial charge in [-0.15, -0.1) is 0 Å². The molecule has 2 aromatic rings. The molecule has 1 N–H and O–H groups in total. The molecule has 0 aromatic heterocycles. The zero-order valence-corrected chi connectivity index (χ0v) is 15.3. The Kier molecular flexibility index (Phi) is 4.19. The van der Waals surface area contributed by atoms with Gasteiger partial charge in [0.1, 0.15) is 0 Å². The molecule has 0 atom stereocenters. The highest BCUT2D eigenvalue weighted by atomic mass is 127. The summed E-state index contributed by atoms with van der Waals surface area (Å²) in [6, 6.07) is 13.4. The van der Waals surface area contributed by atoms with Crippen molar-refractivity contribution in [3.05, 3.63) is 56.5 Å². The largest absolute Gasteiger partial charge is 0.454 e. The minimum atomic E-state index is -0.151. The maximum absolute atomic E-state index is 12.2. The number of carbonyl (C=O) groups is 1. The minimum Gasteiger partial charge on any atom is -0.454 e. The van der Waals surface area contributed by atoms with Crippen molar-refractivity contribution in [1.82, 2.24) is 5.32 Å². The second kappa shape index (κ2) is 6.48. The number of aliphatic imine (C=N–C) groups is 1. The van der Waals surface area contributed by atoms with E-state index >= 15 is 0 Å². The molecule has 0 bridgehead atoms. The number of fused-ring (bicyclic) bond motifs is 1. The van der Waals surface area contributed by atoms with Crippen LogP contribution < -0.4 is 14.8 Å². The van der Waals surface area contributed by atoms with Crippen LogP contribution in [-0.4, -0.2) is 17.9 Å². The zero-order valence-electron chi connectivity index (χ0n) is 12.3. The van der Waals surface area contributed by atoms with E-state index in [-0.39, 0.29) is 12.7 Å². The van der Waals surface area contributed by atoms with Crippen molar-refractivity contribution in [2.24, 2.45) is 4.99 Å². The Hall–Kier alpha value is -2.00. The molecular formula is C17H11IN2O3S. The second-order valence-electron chi connectivity index (χ2n) is 5.05. The fraction of sp³-hybridized carbons (Fsp3) is 0.0588. The van der Waals surface area contributed by atoms with Crippen LogP contribution in [0, 0.1) is 3.57 Å². The van der Waals surface area contributed by atoms with Crippen LogP contribution in [0.1, 0.15) is 5.56 Å². The summed E-state index contributed by atoms with van der Waals surface area (Å²) in [7, 11) is 0. The molecule has 1 amide bonds. The van der Waals surface area contributed by atoms with Gasteiger partial charge in [-0.3, -0.25) is 4.79 Å². The molecule has 1 saturated heterocycles. The molecule has 120 valence electrons. The Labute approximate surface area is 156 Å². The lowest BCUT2D eigenvalue weighted by Gasteiger charge is -1.99. The first-order valence-corrected chi connectivity index (χ1v) is 9.02. The Morgan fingerprint density at radius 1 is 1.17 bits per heavy atom. The number of ether oxygens (including phenoxy) is 2. The first kappa shape index (κ1) is 15.5. The number of para-hydroxylation sites is 1. The fourth-order valence-corrected chi connectivity index (χ4v) is 3.63. The van der Waals surface area contributed by atoms with Crippen LogP contribution in [0.4, 0.5) is 5.69 Å². The van der Waals surface area contributed by atoms with Gasteiger partial charge in [-0.1, -0.05) is 18.2 Å². The van der Waals surface area contributed by atoms with Crippen molar-refractivity contribution >= 4 is 57.2 Å². The van der Waals surface area contributed by atoms with Crippen LogP contribution in [0.25, 0.3) is 6.08 Å². The van der Waals surface area contributed by atoms with Crippen LogP contribution in [-0.2, 0) is 4.79 Å². The monoisotopic (exact) mass is 450 g/mol. The van der Waals surface area contributed by atoms with Gasteiger partial charge in [0.2, 0.25) is 6.79 Å². The average Bonchev–Trinajstić information content (AvgIpc) is 3.16. The standard InChI is InChI=1S/C17H11IN2O3S/c18-11-3-1-2-4-12(11)19-17-20-16(21)15(24-17)8-10-5-6-13-14(7-10)23-9-22-13/h1-8H,9H2,(H,19,20,21)/b15-8+. The number of nitrogens with zero attached hydrogens (tertiary/aromatic N) is 1. The quantitative estimate of drug-likeness (QED) is 0.557. The van der Waals surface area contributed by atoms with E-state index in [4.69, 9.17) is 9.47 Å². The molecule has 5 nitrogen and oxygen atoms in total. The number of thioether (sulfide) groups is 1. The average molecular weight is 450 g/mol. The fourth-order valence-electron chi connectivity index (χ4n) is 2.29. The van der Waals surface area contributed by atoms with Crippen molar-refractivity contribution < 1.29 is 14.3 Å². The van der Waals surface area contributed by atoms with Crippen molar-refractivity contribution in [2.45, 2.75) is 0 Å². The van der Waals surface area contributed by atoms with Crippen molar-refractivity contribution in [1.29, 1.82) is 0 Å². The summed E-state index contributed by atoms with van der Waals surface area (Å²) >= 11 is 3.55. The molecule has 0 saturated carbocycles. The van der Waals surface area contributed by atoms with Crippen molar-refractivity contribution in [3.63, 3.8) is 0 Å². The summed E-state index contributed by atoms with van der Waals surface area (Å²) in [6.07, 6.45) is 1.82. The Balaban J connectivity index is 1.59. The highest BCUT2D eigenvalue weighted by Gasteiger charge is 2.24. The van der Waals surface area contributed by atoms with Gasteiger partial charge < -0.3 is 14.8 Å². The predicted molar refractivity (Wildman–Crippen MR) is 103 cm³/mol. The van der Waals surface area contributed by atoms with Gasteiger partial charge in [0.15, 0.2) is 16.7 Å². The minimum absolute atomic E-state index is 0.151. The summed E-state index contributed by atoms with van der Waals surface area (Å²) in [5.41, 5.74) is 1.72. The van der Waals surface area contributed by atoms with Gasteiger partial charge in [0.05, 0.1) is 10.6 Å². The SMILES string of the molecule is O=C1NC(=Nc2ccccc2I)S/C1=C/c1ccc2c(c1)OCO2. The highest BCUT2D eigenvalue weighted by Crippen LogP contribution is 2.35. The summed E-state index contributed by atoms with van der Waals surface area (Å²) in [5.74, 6) is 1.27. The lowest BCUT2D eigenvalue weighted by molar-refractivity contribution is -0.115. The van der Waals surface area contributed by atoms with E-state index in [1.165, 1.54) is 11.8 Å². The van der Waals surface area contributed by atoms with Gasteiger partial charge in [-0.05, 0) is 70.3 Å². The summed E-state index contributed by atoms with van der Waals surface area (Å²) in [4.78, 5) is 17.3. The molecule has 0 aliphatic carbocycles. The maximum Gasteiger partial charge on any atom is 0.264 e. The van der Waals surface area contributed by atoms with Crippen LogP contribution in [0.2, 0.25) is 0 Å². The van der Waals surface area contributed by atoms with Crippen LogP contribution in [0.3, 0.4) is 0 Å². The third-order valence-corrected chi connectivity index (χ3v) is 5.24. The Bertz CT molecular complexity index is 895. The van der Waals surface area contributed by atoms with Gasteiger partial charge in [0.25, 0.3) is 5.91 Å². The molecule has 2 aliphatic rings. The van der Waals surface area contributed by atoms with Gasteiger partial charge in [-0.2, -0.15) is 0 Å². The van der Waals surface area contributed by atoms with Gasteiger partial charge >= 0.3 is 0 Å². The van der Waals surface area contributed by atoms with Gasteiger partial charge in [-0.25, -0.2) is 4.99 Å². The normalized spacial score (nSPS) is 19.1. The van der Waals surface area contributed by atoms with E-state index in [1.807, 2.05) is 48.5 Å². The lowest BCUT2D eigenvalue weighted by atomic mass is 10.2. The number of benzene rings is 2. The molecular weight excluding hydrogens is 439 g/mol. The zero-order chi connectivity index (χ0) is 16.5. The molecule has 2 aliphatic heterocycles. The smallest absolute Gasteiger partial charge is 0.264 e. The number of carbonyl (C=O) groups excluding carboxylic acids is 1. The first-order chi connectivity index (χ1) is 11.7. The van der Waals surface area contributed by atoms with Gasteiger partial charge in [0, 0.05) is 3.57 Å². The van der Waals surface area contributed by atoms with E-state index in [9.17, 15) is 4.79 Å². The second-order valence-corrected chi connectivity index (χ2v) is 7.24. The number of amidine groups is 1. The summed E-state index contributed by atoms with van der Waals surface area (Å²) in [6.45, 7) is 0.233. The van der Waals surface area contributed by atoms with E-state index in [0.717, 1.165) is 20.6 Å². The third-order valence-electron chi connectivity index (χ3n) is 3.42. The number of rotatable bonds is 2. The number of halogens is 1. The molecule has 24 heavy (non-hydrogen) atoms. The number of nitrogens with one attached hydrogen (secondary N) is 1. The number of hydrogen-bond acceptors (Lipinski definition) is 5. The van der Waals surface area contributed by atoms with E-state index < -0.39 is 0 Å². The maximum atomic E-state index is 12.2. The molecule has 0 radical (unpaired) electrons. The van der Waals surface area contributed by atoms with E-state index in [2.05, 4.69) is 32.9 Å². The molecule has 2 heterocycles. The van der Waals surface area contributed by atoms with Crippen LogP contribution in [0.5, 0.6) is 11.5 Å². The van der Waals surface area contributed by atoms with Crippen molar-refractivity contribution in [3.8, 4) is 11.5 Å². The first-order valence-electron chi connectivity index (χ1n) is 7.13. The van der Waals surface area contributed by atoms with E-state index in [1.54, 1.807) is 0 Å². The number of hydrogen-bond donors (Lipinski definition) is 1. The lowest BCUT2D eigenvalue weighted by Crippen LogP contribution is -2.19. The molecule has 1 fully saturated rings. The molecule has 0 unspecified atom stereocenters. The topological polar surface area (TPSA) is 59.9 Å². The number of amides is 1. The predicted octanol–water partition coefficient (Wildman–Crippen LogP) is 3.91. The van der Waals surface area contributed by atoms with Crippen LogP contribution >= 0.6 is 34.4 Å². The molecule has 2 aromatic carbocycles. The molecule has 4 rings (SSSR count). The molecule has 7 heteroatoms. The van der Waals surface area contributed by atoms with Crippen LogP contribution in [0.15, 0.2) is 52.4 Å². The summed E-state index contributed by atoms with van der Waals surface area (Å²) < 4.78 is 11.7. The van der Waals surface area contributed by atoms with E-state index in [0.29, 0.717) is 15.8 Å². The third kappa shape index (κ3) is 3.13. The highest BCUT2D eigenvalue weighted by molar-refractivity contribution is 14.1.